The molecule has 0 radical (unpaired) electrons. The largest absolute Gasteiger partial charge is 0.431 e. The number of halogens is 3. The van der Waals surface area contributed by atoms with Gasteiger partial charge in [0.15, 0.2) is 0 Å². The molecule has 1 amide bonds. The maximum absolute atomic E-state index is 13.0. The second kappa shape index (κ2) is 6.87. The molecule has 6 nitrogen and oxygen atoms in total. The molecule has 3 heterocycles. The Morgan fingerprint density at radius 3 is 2.68 bits per heavy atom. The van der Waals surface area contributed by atoms with Crippen LogP contribution in [0.1, 0.15) is 12.0 Å². The summed E-state index contributed by atoms with van der Waals surface area (Å²) < 4.78 is 55.6. The number of hydrogen-bond acceptors (Lipinski definition) is 6. The van der Waals surface area contributed by atoms with Crippen LogP contribution in [-0.4, -0.2) is 48.3 Å². The van der Waals surface area contributed by atoms with Crippen molar-refractivity contribution in [2.45, 2.75) is 12.5 Å². The number of hydrogen-bond donors (Lipinski definition) is 0. The highest BCUT2D eigenvalue weighted by Gasteiger charge is 2.40. The molecule has 0 aliphatic carbocycles. The molecule has 0 N–H and O–H groups in total. The number of fused-ring (bicyclic) bond motifs is 1. The van der Waals surface area contributed by atoms with E-state index >= 15 is 0 Å². The Labute approximate surface area is 162 Å². The Morgan fingerprint density at radius 1 is 1.29 bits per heavy atom. The predicted octanol–water partition coefficient (Wildman–Crippen LogP) is 3.58. The first-order chi connectivity index (χ1) is 13.2. The van der Waals surface area contributed by atoms with E-state index in [1.165, 1.54) is 23.5 Å². The topological polar surface area (TPSA) is 54.9 Å². The van der Waals surface area contributed by atoms with Gasteiger partial charge in [0.2, 0.25) is 6.29 Å². The van der Waals surface area contributed by atoms with Crippen LogP contribution in [0.3, 0.4) is 0 Å². The third-order valence-corrected chi connectivity index (χ3v) is 5.32. The minimum Gasteiger partial charge on any atom is -0.352 e. The average Bonchev–Trinajstić information content (AvgIpc) is 3.06. The van der Waals surface area contributed by atoms with Gasteiger partial charge in [-0.25, -0.2) is 0 Å². The van der Waals surface area contributed by atoms with Crippen molar-refractivity contribution in [3.8, 4) is 0 Å². The fourth-order valence-electron chi connectivity index (χ4n) is 3.09. The molecule has 1 aromatic heterocycles. The normalized spacial score (nSPS) is 19.5. The summed E-state index contributed by atoms with van der Waals surface area (Å²) in [6.07, 6.45) is -4.62. The maximum atomic E-state index is 13.0. The summed E-state index contributed by atoms with van der Waals surface area (Å²) in [5.41, 5.74) is 0.921. The van der Waals surface area contributed by atoms with Crippen molar-refractivity contribution in [2.75, 3.05) is 31.8 Å². The van der Waals surface area contributed by atoms with Gasteiger partial charge >= 0.3 is 6.18 Å². The highest BCUT2D eigenvalue weighted by Crippen LogP contribution is 2.36. The summed E-state index contributed by atoms with van der Waals surface area (Å²) in [4.78, 5) is 14.6. The molecule has 10 heteroatoms. The number of nitrogens with zero attached hydrogens (tertiary/aromatic N) is 3. The van der Waals surface area contributed by atoms with Crippen LogP contribution in [0.2, 0.25) is 0 Å². The van der Waals surface area contributed by atoms with Crippen LogP contribution in [0.4, 0.5) is 18.9 Å². The van der Waals surface area contributed by atoms with Crippen LogP contribution < -0.4 is 4.90 Å². The van der Waals surface area contributed by atoms with E-state index in [1.54, 1.807) is 18.2 Å². The zero-order valence-corrected chi connectivity index (χ0v) is 15.6. The molecule has 0 spiro atoms. The summed E-state index contributed by atoms with van der Waals surface area (Å²) in [6, 6.07) is 5.19. The van der Waals surface area contributed by atoms with Gasteiger partial charge in [-0.2, -0.15) is 17.5 Å². The summed E-state index contributed by atoms with van der Waals surface area (Å²) in [5, 5.41) is 0.737. The summed E-state index contributed by atoms with van der Waals surface area (Å²) in [5.74, 6) is -0.726. The van der Waals surface area contributed by atoms with Crippen molar-refractivity contribution in [2.24, 2.45) is 0 Å². The Hall–Kier alpha value is -2.43. The van der Waals surface area contributed by atoms with E-state index in [0.717, 1.165) is 20.6 Å². The molecule has 0 bridgehead atoms. The number of allylic oxidation sites excluding steroid dienone is 1. The van der Waals surface area contributed by atoms with Gasteiger partial charge in [0.05, 0.1) is 24.6 Å². The fraction of sp³-hybridized carbons (Fsp3) is 0.333. The second-order valence-electron chi connectivity index (χ2n) is 6.59. The minimum atomic E-state index is -4.58. The van der Waals surface area contributed by atoms with Crippen molar-refractivity contribution >= 4 is 33.2 Å². The van der Waals surface area contributed by atoms with Crippen molar-refractivity contribution in [3.05, 3.63) is 47.8 Å². The molecule has 1 fully saturated rings. The third-order valence-electron chi connectivity index (χ3n) is 4.48. The van der Waals surface area contributed by atoms with Crippen LogP contribution in [0.15, 0.2) is 42.1 Å². The highest BCUT2D eigenvalue weighted by atomic mass is 32.1. The highest BCUT2D eigenvalue weighted by molar-refractivity contribution is 7.13. The number of anilines is 1. The lowest BCUT2D eigenvalue weighted by molar-refractivity contribution is -0.161. The lowest BCUT2D eigenvalue weighted by atomic mass is 10.1. The second-order valence-corrected chi connectivity index (χ2v) is 7.39. The number of benzene rings is 1. The molecule has 148 valence electrons. The van der Waals surface area contributed by atoms with E-state index in [4.69, 9.17) is 9.47 Å². The molecule has 1 saturated heterocycles. The molecular formula is C18H16F3N3O3S. The number of aromatic nitrogens is 1. The molecule has 2 aliphatic rings. The van der Waals surface area contributed by atoms with Gasteiger partial charge in [-0.1, -0.05) is 6.58 Å². The van der Waals surface area contributed by atoms with E-state index < -0.39 is 24.1 Å². The smallest absolute Gasteiger partial charge is 0.352 e. The van der Waals surface area contributed by atoms with Crippen LogP contribution in [-0.2, 0) is 14.3 Å². The molecule has 2 aromatic rings. The van der Waals surface area contributed by atoms with Crippen molar-refractivity contribution in [3.63, 3.8) is 0 Å². The third kappa shape index (κ3) is 3.38. The monoisotopic (exact) mass is 411 g/mol. The number of carbonyl (C=O) groups excluding carboxylic acids is 1. The molecule has 2 aliphatic heterocycles. The Kier molecular flexibility index (Phi) is 4.64. The molecule has 1 aromatic carbocycles. The van der Waals surface area contributed by atoms with Gasteiger partial charge < -0.3 is 14.4 Å². The lowest BCUT2D eigenvalue weighted by Gasteiger charge is -2.35. The standard InChI is InChI=1S/C18H16F3N3O3S/c1-10-7-26-17(27-8-10)16-12-5-11(3-4-13(12)28-22-16)24-9-23(2)14(6-15(24)25)18(19,20)21/h3-6,17H,1,7-9H2,2H3. The average molecular weight is 411 g/mol. The van der Waals surface area contributed by atoms with Gasteiger partial charge in [0.1, 0.15) is 11.4 Å². The number of ether oxygens (including phenoxy) is 2. The summed E-state index contributed by atoms with van der Waals surface area (Å²) in [7, 11) is 1.30. The van der Waals surface area contributed by atoms with Crippen molar-refractivity contribution < 1.29 is 27.4 Å². The zero-order valence-electron chi connectivity index (χ0n) is 14.8. The predicted molar refractivity (Wildman–Crippen MR) is 97.7 cm³/mol. The zero-order chi connectivity index (χ0) is 20.1. The summed E-state index contributed by atoms with van der Waals surface area (Å²) in [6.45, 7) is 4.32. The number of amides is 1. The Morgan fingerprint density at radius 2 is 2.00 bits per heavy atom. The van der Waals surface area contributed by atoms with E-state index in [1.807, 2.05) is 0 Å². The first-order valence-electron chi connectivity index (χ1n) is 8.35. The molecule has 4 rings (SSSR count). The van der Waals surface area contributed by atoms with Gasteiger partial charge in [-0.05, 0) is 35.3 Å². The Bertz CT molecular complexity index is 975. The minimum absolute atomic E-state index is 0.209. The first-order valence-corrected chi connectivity index (χ1v) is 9.12. The van der Waals surface area contributed by atoms with Crippen LogP contribution in [0.25, 0.3) is 10.1 Å². The van der Waals surface area contributed by atoms with Gasteiger partial charge in [0.25, 0.3) is 5.91 Å². The van der Waals surface area contributed by atoms with E-state index in [2.05, 4.69) is 11.0 Å². The van der Waals surface area contributed by atoms with Crippen LogP contribution in [0, 0.1) is 0 Å². The van der Waals surface area contributed by atoms with Crippen molar-refractivity contribution in [1.29, 1.82) is 0 Å². The lowest BCUT2D eigenvalue weighted by Crippen LogP contribution is -2.46. The maximum Gasteiger partial charge on any atom is 0.431 e. The number of carbonyl (C=O) groups is 1. The molecule has 0 atom stereocenters. The fourth-order valence-corrected chi connectivity index (χ4v) is 3.86. The SMILES string of the molecule is C=C1COC(c2nsc3ccc(N4CN(C)C(C(F)(F)F)=CC4=O)cc23)OC1. The quantitative estimate of drug-likeness (QED) is 0.707. The van der Waals surface area contributed by atoms with E-state index in [0.29, 0.717) is 30.7 Å². The number of rotatable bonds is 2. The molecular weight excluding hydrogens is 395 g/mol. The first kappa shape index (κ1) is 18.9. The van der Waals surface area contributed by atoms with Gasteiger partial charge in [0, 0.05) is 24.2 Å². The van der Waals surface area contributed by atoms with Gasteiger partial charge in [-0.15, -0.1) is 0 Å². The molecule has 28 heavy (non-hydrogen) atoms. The molecule has 0 unspecified atom stereocenters. The van der Waals surface area contributed by atoms with Gasteiger partial charge in [-0.3, -0.25) is 9.69 Å². The van der Waals surface area contributed by atoms with Crippen molar-refractivity contribution in [1.82, 2.24) is 9.27 Å². The summed E-state index contributed by atoms with van der Waals surface area (Å²) >= 11 is 1.26. The van der Waals surface area contributed by atoms with Crippen LogP contribution in [0.5, 0.6) is 0 Å². The van der Waals surface area contributed by atoms with Crippen LogP contribution >= 0.6 is 11.5 Å². The number of alkyl halides is 3. The van der Waals surface area contributed by atoms with E-state index in [9.17, 15) is 18.0 Å². The Balaban J connectivity index is 1.67. The van der Waals surface area contributed by atoms with E-state index in [-0.39, 0.29) is 6.67 Å². The molecule has 0 saturated carbocycles.